The molecule has 1 aliphatic heterocycles. The summed E-state index contributed by atoms with van der Waals surface area (Å²) in [6.07, 6.45) is 2.08. The van der Waals surface area contributed by atoms with Crippen LogP contribution in [0.4, 0.5) is 25.1 Å². The predicted octanol–water partition coefficient (Wildman–Crippen LogP) is 3.68. The molecule has 0 aromatic carbocycles. The van der Waals surface area contributed by atoms with Crippen molar-refractivity contribution in [2.24, 2.45) is 0 Å². The number of carbonyl (C=O) groups is 1. The van der Waals surface area contributed by atoms with Crippen molar-refractivity contribution in [1.29, 1.82) is 0 Å². The predicted molar refractivity (Wildman–Crippen MR) is 118 cm³/mol. The van der Waals surface area contributed by atoms with Crippen LogP contribution in [0.5, 0.6) is 0 Å². The molecule has 2 aromatic rings. The fraction of sp³-hybridized carbons (Fsp3) is 0.476. The number of sulfonamides is 1. The van der Waals surface area contributed by atoms with Gasteiger partial charge in [0.15, 0.2) is 5.82 Å². The number of anilines is 2. The zero-order valence-electron chi connectivity index (χ0n) is 18.9. The van der Waals surface area contributed by atoms with Crippen molar-refractivity contribution in [2.75, 3.05) is 23.1 Å². The van der Waals surface area contributed by atoms with Gasteiger partial charge in [-0.2, -0.15) is 12.8 Å². The highest BCUT2D eigenvalue weighted by molar-refractivity contribution is 7.92. The molecule has 3 heterocycles. The standard InChI is InChI=1S/C21H27F2N5O4S/c1-13-15(25-14-8-10-28(11-9-14)20(29)32-21(2,3)4)12-24-19(18(13)23)33(30,31)27-17-7-5-6-16(22)26-17/h5-7,12,14,25H,8-11H2,1-4H3,(H,26,27). The van der Waals surface area contributed by atoms with Crippen LogP contribution in [0.1, 0.15) is 39.2 Å². The Labute approximate surface area is 191 Å². The second kappa shape index (κ2) is 9.46. The van der Waals surface area contributed by atoms with E-state index in [2.05, 4.69) is 15.3 Å². The molecule has 0 spiro atoms. The number of carbonyl (C=O) groups excluding carboxylic acids is 1. The first kappa shape index (κ1) is 24.6. The summed E-state index contributed by atoms with van der Waals surface area (Å²) in [6, 6.07) is 3.52. The van der Waals surface area contributed by atoms with Gasteiger partial charge in [-0.25, -0.2) is 19.2 Å². The number of rotatable bonds is 5. The first-order valence-electron chi connectivity index (χ1n) is 10.4. The number of halogens is 2. The Morgan fingerprint density at radius 1 is 1.21 bits per heavy atom. The molecule has 0 radical (unpaired) electrons. The Morgan fingerprint density at radius 3 is 2.48 bits per heavy atom. The Kier molecular flexibility index (Phi) is 7.06. The highest BCUT2D eigenvalue weighted by atomic mass is 32.2. The fourth-order valence-corrected chi connectivity index (χ4v) is 4.36. The number of likely N-dealkylation sites (tertiary alicyclic amines) is 1. The minimum absolute atomic E-state index is 0.0549. The SMILES string of the molecule is Cc1c(NC2CCN(C(=O)OC(C)(C)C)CC2)cnc(S(=O)(=O)Nc2cccc(F)n2)c1F. The molecule has 2 aromatic heterocycles. The van der Waals surface area contributed by atoms with E-state index in [1.807, 2.05) is 4.72 Å². The number of amides is 1. The van der Waals surface area contributed by atoms with Crippen molar-refractivity contribution in [3.05, 3.63) is 41.7 Å². The highest BCUT2D eigenvalue weighted by Crippen LogP contribution is 2.26. The minimum atomic E-state index is -4.42. The van der Waals surface area contributed by atoms with Crippen LogP contribution in [0.15, 0.2) is 29.4 Å². The molecule has 1 amide bonds. The van der Waals surface area contributed by atoms with Gasteiger partial charge >= 0.3 is 6.09 Å². The first-order valence-corrected chi connectivity index (χ1v) is 11.9. The van der Waals surface area contributed by atoms with Gasteiger partial charge in [0.25, 0.3) is 10.0 Å². The second-order valence-corrected chi connectivity index (χ2v) is 10.4. The molecule has 0 bridgehead atoms. The largest absolute Gasteiger partial charge is 0.444 e. The minimum Gasteiger partial charge on any atom is -0.444 e. The third-order valence-corrected chi connectivity index (χ3v) is 6.22. The lowest BCUT2D eigenvalue weighted by atomic mass is 10.0. The molecule has 0 aliphatic carbocycles. The maximum Gasteiger partial charge on any atom is 0.410 e. The van der Waals surface area contributed by atoms with Crippen LogP contribution in [-0.4, -0.2) is 54.1 Å². The van der Waals surface area contributed by atoms with Gasteiger partial charge in [-0.05, 0) is 52.7 Å². The summed E-state index contributed by atoms with van der Waals surface area (Å²) in [5, 5.41) is 2.37. The molecule has 12 heteroatoms. The molecule has 1 fully saturated rings. The van der Waals surface area contributed by atoms with E-state index >= 15 is 0 Å². The van der Waals surface area contributed by atoms with E-state index in [9.17, 15) is 22.0 Å². The molecule has 3 rings (SSSR count). The number of nitrogens with one attached hydrogen (secondary N) is 2. The van der Waals surface area contributed by atoms with Crippen molar-refractivity contribution >= 4 is 27.6 Å². The molecule has 1 saturated heterocycles. The lowest BCUT2D eigenvalue weighted by molar-refractivity contribution is 0.0210. The molecule has 0 saturated carbocycles. The number of aromatic nitrogens is 2. The van der Waals surface area contributed by atoms with E-state index in [-0.39, 0.29) is 23.5 Å². The van der Waals surface area contributed by atoms with Gasteiger partial charge in [-0.1, -0.05) is 6.07 Å². The number of hydrogen-bond acceptors (Lipinski definition) is 7. The number of hydrogen-bond donors (Lipinski definition) is 2. The van der Waals surface area contributed by atoms with Crippen molar-refractivity contribution < 1.29 is 26.7 Å². The van der Waals surface area contributed by atoms with E-state index in [0.29, 0.717) is 31.6 Å². The number of nitrogens with zero attached hydrogens (tertiary/aromatic N) is 3. The molecular weight excluding hydrogens is 456 g/mol. The first-order chi connectivity index (χ1) is 15.4. The van der Waals surface area contributed by atoms with E-state index in [1.165, 1.54) is 25.3 Å². The zero-order chi connectivity index (χ0) is 24.4. The lowest BCUT2D eigenvalue weighted by Gasteiger charge is -2.34. The normalized spacial score (nSPS) is 15.3. The van der Waals surface area contributed by atoms with Crippen molar-refractivity contribution in [3.8, 4) is 0 Å². The van der Waals surface area contributed by atoms with E-state index in [0.717, 1.165) is 6.07 Å². The van der Waals surface area contributed by atoms with Crippen LogP contribution in [0.3, 0.4) is 0 Å². The molecule has 0 atom stereocenters. The maximum atomic E-state index is 14.9. The molecule has 33 heavy (non-hydrogen) atoms. The summed E-state index contributed by atoms with van der Waals surface area (Å²) >= 11 is 0. The van der Waals surface area contributed by atoms with Gasteiger partial charge in [0.2, 0.25) is 11.0 Å². The van der Waals surface area contributed by atoms with Gasteiger partial charge in [0.1, 0.15) is 11.4 Å². The van der Waals surface area contributed by atoms with E-state index in [4.69, 9.17) is 4.74 Å². The van der Waals surface area contributed by atoms with Crippen LogP contribution in [-0.2, 0) is 14.8 Å². The maximum absolute atomic E-state index is 14.9. The summed E-state index contributed by atoms with van der Waals surface area (Å²) in [6.45, 7) is 7.79. The number of piperidine rings is 1. The monoisotopic (exact) mass is 483 g/mol. The summed E-state index contributed by atoms with van der Waals surface area (Å²) in [4.78, 5) is 21.0. The van der Waals surface area contributed by atoms with Crippen LogP contribution >= 0.6 is 0 Å². The summed E-state index contributed by atoms with van der Waals surface area (Å²) in [5.41, 5.74) is -0.146. The molecule has 1 aliphatic rings. The molecular formula is C21H27F2N5O4S. The van der Waals surface area contributed by atoms with Crippen molar-refractivity contribution in [3.63, 3.8) is 0 Å². The van der Waals surface area contributed by atoms with Crippen LogP contribution < -0.4 is 10.0 Å². The number of pyridine rings is 2. The fourth-order valence-electron chi connectivity index (χ4n) is 3.29. The summed E-state index contributed by atoms with van der Waals surface area (Å²) in [5.74, 6) is -2.18. The van der Waals surface area contributed by atoms with E-state index in [1.54, 1.807) is 25.7 Å². The molecule has 2 N–H and O–H groups in total. The Morgan fingerprint density at radius 2 is 1.88 bits per heavy atom. The third-order valence-electron chi connectivity index (χ3n) is 4.95. The zero-order valence-corrected chi connectivity index (χ0v) is 19.7. The summed E-state index contributed by atoms with van der Waals surface area (Å²) < 4.78 is 60.6. The van der Waals surface area contributed by atoms with Crippen molar-refractivity contribution in [1.82, 2.24) is 14.9 Å². The average Bonchev–Trinajstić information content (AvgIpc) is 2.70. The topological polar surface area (TPSA) is 114 Å². The molecule has 9 nitrogen and oxygen atoms in total. The summed E-state index contributed by atoms with van der Waals surface area (Å²) in [7, 11) is -4.42. The van der Waals surface area contributed by atoms with Gasteiger partial charge in [0.05, 0.1) is 11.9 Å². The highest BCUT2D eigenvalue weighted by Gasteiger charge is 2.28. The third kappa shape index (κ3) is 6.28. The Balaban J connectivity index is 1.67. The van der Waals surface area contributed by atoms with Crippen LogP contribution in [0.2, 0.25) is 0 Å². The van der Waals surface area contributed by atoms with Gasteiger partial charge in [-0.15, -0.1) is 0 Å². The molecule has 180 valence electrons. The number of ether oxygens (including phenoxy) is 1. The van der Waals surface area contributed by atoms with Crippen molar-refractivity contribution in [2.45, 2.75) is 57.2 Å². The molecule has 0 unspecified atom stereocenters. The van der Waals surface area contributed by atoms with Gasteiger partial charge < -0.3 is 15.0 Å². The average molecular weight is 484 g/mol. The lowest BCUT2D eigenvalue weighted by Crippen LogP contribution is -2.44. The van der Waals surface area contributed by atoms with Gasteiger partial charge in [-0.3, -0.25) is 4.72 Å². The van der Waals surface area contributed by atoms with Crippen LogP contribution in [0, 0.1) is 18.7 Å². The quantitative estimate of drug-likeness (QED) is 0.624. The van der Waals surface area contributed by atoms with Crippen LogP contribution in [0.25, 0.3) is 0 Å². The Hall–Kier alpha value is -3.02. The van der Waals surface area contributed by atoms with Gasteiger partial charge in [0, 0.05) is 24.7 Å². The smallest absolute Gasteiger partial charge is 0.410 e. The van der Waals surface area contributed by atoms with E-state index < -0.39 is 32.4 Å². The second-order valence-electron chi connectivity index (χ2n) is 8.75. The Bertz CT molecular complexity index is 1130.